The monoisotopic (exact) mass is 678 g/mol. The van der Waals surface area contributed by atoms with Crippen molar-refractivity contribution in [1.29, 1.82) is 0 Å². The molecule has 0 fully saturated rings. The minimum atomic E-state index is 0.0498. The zero-order chi connectivity index (χ0) is 35.2. The molecule has 0 aromatic carbocycles. The highest BCUT2D eigenvalue weighted by Gasteiger charge is 2.14. The summed E-state index contributed by atoms with van der Waals surface area (Å²) in [7, 11) is 2.27. The molecular formula is C44H87NO3. The first-order valence-electron chi connectivity index (χ1n) is 21.7. The third-order valence-corrected chi connectivity index (χ3v) is 10.0. The van der Waals surface area contributed by atoms with E-state index in [0.29, 0.717) is 6.42 Å². The molecule has 0 radical (unpaired) electrons. The van der Waals surface area contributed by atoms with E-state index < -0.39 is 0 Å². The second-order valence-electron chi connectivity index (χ2n) is 15.1. The molecule has 286 valence electrons. The van der Waals surface area contributed by atoms with Gasteiger partial charge in [-0.15, -0.1) is 0 Å². The zero-order valence-corrected chi connectivity index (χ0v) is 33.4. The summed E-state index contributed by atoms with van der Waals surface area (Å²) in [5, 5.41) is 0. The van der Waals surface area contributed by atoms with E-state index in [4.69, 9.17) is 9.47 Å². The predicted molar refractivity (Wildman–Crippen MR) is 212 cm³/mol. The second kappa shape index (κ2) is 38.8. The van der Waals surface area contributed by atoms with Gasteiger partial charge >= 0.3 is 5.97 Å². The molecule has 0 heterocycles. The van der Waals surface area contributed by atoms with Crippen molar-refractivity contribution in [2.45, 2.75) is 239 Å². The first kappa shape index (κ1) is 47.0. The first-order chi connectivity index (χ1) is 23.5. The van der Waals surface area contributed by atoms with Crippen molar-refractivity contribution >= 4 is 5.97 Å². The lowest BCUT2D eigenvalue weighted by Gasteiger charge is -2.18. The van der Waals surface area contributed by atoms with E-state index in [1.165, 1.54) is 186 Å². The fourth-order valence-corrected chi connectivity index (χ4v) is 6.69. The largest absolute Gasteiger partial charge is 0.499 e. The van der Waals surface area contributed by atoms with E-state index >= 15 is 0 Å². The Labute approximate surface area is 302 Å². The van der Waals surface area contributed by atoms with Crippen LogP contribution in [-0.4, -0.2) is 43.7 Å². The van der Waals surface area contributed by atoms with Gasteiger partial charge in [0.05, 0.1) is 12.4 Å². The van der Waals surface area contributed by atoms with Gasteiger partial charge in [-0.05, 0) is 77.9 Å². The third-order valence-electron chi connectivity index (χ3n) is 10.0. The van der Waals surface area contributed by atoms with Crippen LogP contribution in [0.5, 0.6) is 0 Å². The number of rotatable bonds is 40. The molecule has 0 saturated carbocycles. The van der Waals surface area contributed by atoms with Gasteiger partial charge in [0, 0.05) is 12.8 Å². The number of allylic oxidation sites excluding steroid dienone is 1. The average Bonchev–Trinajstić information content (AvgIpc) is 3.07. The van der Waals surface area contributed by atoms with E-state index in [0.717, 1.165) is 44.5 Å². The summed E-state index contributed by atoms with van der Waals surface area (Å²) in [4.78, 5) is 15.1. The van der Waals surface area contributed by atoms with E-state index in [1.807, 2.05) is 0 Å². The number of carbonyl (C=O) groups is 1. The standard InChI is InChI=1S/C44H87NO3/c1-6-9-12-15-18-27-34-41-47-42(4)35-28-21-19-25-32-39-45(5)40-33-26-20-24-31-38-44(46)48-43(36-29-22-16-13-10-7-2)37-30-23-17-14-11-8-3/h43H,4,6-41H2,1-3,5H3. The SMILES string of the molecule is C=C(CCCCCCCN(C)CCCCCCCC(=O)OC(CCCCCCCC)CCCCCCCC)OCCCCCCCCC. The second-order valence-corrected chi connectivity index (χ2v) is 15.1. The van der Waals surface area contributed by atoms with Crippen LogP contribution in [0.1, 0.15) is 233 Å². The van der Waals surface area contributed by atoms with Crippen molar-refractivity contribution in [1.82, 2.24) is 4.90 Å². The maximum absolute atomic E-state index is 12.6. The maximum Gasteiger partial charge on any atom is 0.306 e. The number of hydrogen-bond donors (Lipinski definition) is 0. The molecule has 4 heteroatoms. The predicted octanol–water partition coefficient (Wildman–Crippen LogP) is 14.3. The number of nitrogens with zero attached hydrogens (tertiary/aromatic N) is 1. The fraction of sp³-hybridized carbons (Fsp3) is 0.932. The van der Waals surface area contributed by atoms with Crippen LogP contribution < -0.4 is 0 Å². The Morgan fingerprint density at radius 3 is 1.35 bits per heavy atom. The normalized spacial score (nSPS) is 11.5. The highest BCUT2D eigenvalue weighted by molar-refractivity contribution is 5.69. The Balaban J connectivity index is 3.75. The van der Waals surface area contributed by atoms with Crippen molar-refractivity contribution in [3.8, 4) is 0 Å². The van der Waals surface area contributed by atoms with Crippen molar-refractivity contribution in [3.63, 3.8) is 0 Å². The van der Waals surface area contributed by atoms with Gasteiger partial charge in [-0.1, -0.05) is 169 Å². The Bertz CT molecular complexity index is 650. The highest BCUT2D eigenvalue weighted by atomic mass is 16.5. The highest BCUT2D eigenvalue weighted by Crippen LogP contribution is 2.19. The van der Waals surface area contributed by atoms with Crippen molar-refractivity contribution in [2.75, 3.05) is 26.7 Å². The quantitative estimate of drug-likeness (QED) is 0.0367. The van der Waals surface area contributed by atoms with E-state index in [1.54, 1.807) is 0 Å². The smallest absolute Gasteiger partial charge is 0.306 e. The zero-order valence-electron chi connectivity index (χ0n) is 33.4. The van der Waals surface area contributed by atoms with Crippen LogP contribution in [0.2, 0.25) is 0 Å². The van der Waals surface area contributed by atoms with Crippen LogP contribution in [-0.2, 0) is 14.3 Å². The van der Waals surface area contributed by atoms with E-state index in [2.05, 4.69) is 39.3 Å². The number of unbranched alkanes of at least 4 members (excludes halogenated alkanes) is 24. The van der Waals surface area contributed by atoms with Crippen LogP contribution in [0.15, 0.2) is 12.3 Å². The van der Waals surface area contributed by atoms with Gasteiger partial charge < -0.3 is 14.4 Å². The van der Waals surface area contributed by atoms with Gasteiger partial charge in [0.15, 0.2) is 0 Å². The summed E-state index contributed by atoms with van der Waals surface area (Å²) >= 11 is 0. The summed E-state index contributed by atoms with van der Waals surface area (Å²) in [5.41, 5.74) is 0. The van der Waals surface area contributed by atoms with Crippen molar-refractivity contribution in [3.05, 3.63) is 12.3 Å². The number of esters is 1. The molecule has 0 bridgehead atoms. The molecule has 0 rings (SSSR count). The third kappa shape index (κ3) is 36.3. The molecule has 48 heavy (non-hydrogen) atoms. The maximum atomic E-state index is 12.6. The first-order valence-corrected chi connectivity index (χ1v) is 21.7. The minimum absolute atomic E-state index is 0.0498. The van der Waals surface area contributed by atoms with Crippen molar-refractivity contribution < 1.29 is 14.3 Å². The average molecular weight is 678 g/mol. The Kier molecular flexibility index (Phi) is 37.9. The van der Waals surface area contributed by atoms with Crippen LogP contribution in [0.25, 0.3) is 0 Å². The molecule has 0 aliphatic carbocycles. The summed E-state index contributed by atoms with van der Waals surface area (Å²) in [6.07, 6.45) is 41.1. The van der Waals surface area contributed by atoms with Crippen LogP contribution >= 0.6 is 0 Å². The molecule has 0 saturated heterocycles. The number of ether oxygens (including phenoxy) is 2. The van der Waals surface area contributed by atoms with Crippen LogP contribution in [0, 0.1) is 0 Å². The van der Waals surface area contributed by atoms with Gasteiger partial charge in [0.2, 0.25) is 0 Å². The van der Waals surface area contributed by atoms with Gasteiger partial charge in [-0.2, -0.15) is 0 Å². The molecule has 4 nitrogen and oxygen atoms in total. The molecule has 0 aromatic rings. The molecule has 0 aromatic heterocycles. The number of hydrogen-bond acceptors (Lipinski definition) is 4. The molecule has 0 spiro atoms. The van der Waals surface area contributed by atoms with Crippen LogP contribution in [0.4, 0.5) is 0 Å². The lowest BCUT2D eigenvalue weighted by atomic mass is 10.0. The number of carbonyl (C=O) groups excluding carboxylic acids is 1. The Hall–Kier alpha value is -1.03. The molecule has 0 aliphatic heterocycles. The lowest BCUT2D eigenvalue weighted by Crippen LogP contribution is -2.20. The van der Waals surface area contributed by atoms with Crippen molar-refractivity contribution in [2.24, 2.45) is 0 Å². The molecule has 0 amide bonds. The van der Waals surface area contributed by atoms with E-state index in [9.17, 15) is 4.79 Å². The molecule has 0 N–H and O–H groups in total. The van der Waals surface area contributed by atoms with Gasteiger partial charge in [-0.25, -0.2) is 0 Å². The van der Waals surface area contributed by atoms with E-state index in [-0.39, 0.29) is 12.1 Å². The molecule has 0 aliphatic rings. The Morgan fingerprint density at radius 1 is 0.500 bits per heavy atom. The van der Waals surface area contributed by atoms with Gasteiger partial charge in [-0.3, -0.25) is 4.79 Å². The summed E-state index contributed by atoms with van der Waals surface area (Å²) in [6.45, 7) is 14.2. The van der Waals surface area contributed by atoms with Gasteiger partial charge in [0.1, 0.15) is 6.10 Å². The molecule has 0 atom stereocenters. The molecule has 0 unspecified atom stereocenters. The topological polar surface area (TPSA) is 38.8 Å². The summed E-state index contributed by atoms with van der Waals surface area (Å²) in [6, 6.07) is 0. The summed E-state index contributed by atoms with van der Waals surface area (Å²) < 4.78 is 11.9. The Morgan fingerprint density at radius 2 is 0.875 bits per heavy atom. The van der Waals surface area contributed by atoms with Gasteiger partial charge in [0.25, 0.3) is 0 Å². The fourth-order valence-electron chi connectivity index (χ4n) is 6.69. The molecular weight excluding hydrogens is 590 g/mol. The van der Waals surface area contributed by atoms with Crippen LogP contribution in [0.3, 0.4) is 0 Å². The minimum Gasteiger partial charge on any atom is -0.499 e. The lowest BCUT2D eigenvalue weighted by molar-refractivity contribution is -0.150. The summed E-state index contributed by atoms with van der Waals surface area (Å²) in [5.74, 6) is 1.04.